The van der Waals surface area contributed by atoms with Crippen molar-refractivity contribution >= 4 is 50.2 Å². The number of carbonyl (C=O) groups excluding carboxylic acids is 1. The number of amides is 1. The fourth-order valence-corrected chi connectivity index (χ4v) is 5.31. The summed E-state index contributed by atoms with van der Waals surface area (Å²) in [6, 6.07) is 5.37. The van der Waals surface area contributed by atoms with Crippen molar-refractivity contribution in [2.24, 2.45) is 23.7 Å². The molecule has 1 heterocycles. The minimum Gasteiger partial charge on any atom is -0.481 e. The maximum absolute atomic E-state index is 12.6. The van der Waals surface area contributed by atoms with E-state index in [4.69, 9.17) is 11.6 Å². The highest BCUT2D eigenvalue weighted by molar-refractivity contribution is 7.22. The topological polar surface area (TPSA) is 79.3 Å². The number of benzene rings is 1. The van der Waals surface area contributed by atoms with Crippen molar-refractivity contribution in [3.63, 3.8) is 0 Å². The number of halogens is 1. The van der Waals surface area contributed by atoms with Crippen LogP contribution in [0.5, 0.6) is 0 Å². The second kappa shape index (κ2) is 5.46. The first kappa shape index (κ1) is 14.9. The molecule has 1 amide bonds. The Balaban J connectivity index is 1.57. The normalized spacial score (nSPS) is 29.1. The molecule has 4 atom stereocenters. The molecule has 2 fully saturated rings. The Morgan fingerprint density at radius 3 is 2.74 bits per heavy atom. The van der Waals surface area contributed by atoms with E-state index in [-0.39, 0.29) is 17.7 Å². The fourth-order valence-electron chi connectivity index (χ4n) is 4.16. The zero-order valence-corrected chi connectivity index (χ0v) is 13.7. The lowest BCUT2D eigenvalue weighted by atomic mass is 9.79. The summed E-state index contributed by atoms with van der Waals surface area (Å²) in [7, 11) is 0. The van der Waals surface area contributed by atoms with E-state index in [0.717, 1.165) is 29.5 Å². The molecule has 23 heavy (non-hydrogen) atoms. The number of hydrogen-bond acceptors (Lipinski definition) is 4. The average molecular weight is 351 g/mol. The van der Waals surface area contributed by atoms with Crippen LogP contribution in [0, 0.1) is 23.7 Å². The molecule has 2 N–H and O–H groups in total. The first-order valence-electron chi connectivity index (χ1n) is 7.62. The van der Waals surface area contributed by atoms with E-state index in [1.165, 1.54) is 11.3 Å². The van der Waals surface area contributed by atoms with E-state index in [0.29, 0.717) is 10.2 Å². The van der Waals surface area contributed by atoms with E-state index >= 15 is 0 Å². The van der Waals surface area contributed by atoms with Crippen molar-refractivity contribution < 1.29 is 14.7 Å². The second-order valence-corrected chi connectivity index (χ2v) is 7.81. The Kier molecular flexibility index (Phi) is 3.54. The highest BCUT2D eigenvalue weighted by atomic mass is 35.5. The average Bonchev–Trinajstić information content (AvgIpc) is 3.18. The van der Waals surface area contributed by atoms with Gasteiger partial charge in [0.25, 0.3) is 0 Å². The number of nitrogens with zero attached hydrogens (tertiary/aromatic N) is 1. The maximum atomic E-state index is 12.6. The van der Waals surface area contributed by atoms with Crippen LogP contribution in [0.1, 0.15) is 19.3 Å². The monoisotopic (exact) mass is 350 g/mol. The Bertz CT molecular complexity index is 806. The van der Waals surface area contributed by atoms with Gasteiger partial charge >= 0.3 is 5.97 Å². The van der Waals surface area contributed by atoms with E-state index in [1.807, 2.05) is 6.07 Å². The maximum Gasteiger partial charge on any atom is 0.307 e. The van der Waals surface area contributed by atoms with Gasteiger partial charge in [-0.05, 0) is 49.3 Å². The molecular weight excluding hydrogens is 336 g/mol. The van der Waals surface area contributed by atoms with E-state index in [9.17, 15) is 14.7 Å². The summed E-state index contributed by atoms with van der Waals surface area (Å²) in [5.74, 6) is -1.74. The zero-order valence-electron chi connectivity index (χ0n) is 12.2. The van der Waals surface area contributed by atoms with Gasteiger partial charge in [0.05, 0.1) is 22.1 Å². The Morgan fingerprint density at radius 2 is 2.00 bits per heavy atom. The third-order valence-corrected chi connectivity index (χ3v) is 6.25. The van der Waals surface area contributed by atoms with Crippen LogP contribution in [0.4, 0.5) is 5.13 Å². The van der Waals surface area contributed by atoms with Gasteiger partial charge in [-0.3, -0.25) is 9.59 Å². The number of thiazole rings is 1. The van der Waals surface area contributed by atoms with Gasteiger partial charge in [0.1, 0.15) is 0 Å². The SMILES string of the molecule is O=C(O)[C@@H]1[C@@H]2CC[C@@H](C2)[C@@H]1C(=O)Nc1nc2ccc(Cl)cc2s1. The van der Waals surface area contributed by atoms with Crippen LogP contribution in [0.15, 0.2) is 18.2 Å². The molecule has 7 heteroatoms. The number of aliphatic carboxylic acids is 1. The van der Waals surface area contributed by atoms with E-state index in [1.54, 1.807) is 12.1 Å². The first-order chi connectivity index (χ1) is 11.0. The summed E-state index contributed by atoms with van der Waals surface area (Å²) in [5.41, 5.74) is 0.775. The van der Waals surface area contributed by atoms with Crippen LogP contribution in [0.2, 0.25) is 5.02 Å². The van der Waals surface area contributed by atoms with Crippen LogP contribution in [-0.2, 0) is 9.59 Å². The molecule has 2 aromatic rings. The molecule has 2 aliphatic rings. The first-order valence-corrected chi connectivity index (χ1v) is 8.82. The molecule has 2 bridgehead atoms. The van der Waals surface area contributed by atoms with Crippen molar-refractivity contribution in [1.82, 2.24) is 4.98 Å². The molecule has 0 spiro atoms. The number of rotatable bonds is 3. The minimum absolute atomic E-state index is 0.141. The van der Waals surface area contributed by atoms with Crippen molar-refractivity contribution in [1.29, 1.82) is 0 Å². The number of carbonyl (C=O) groups is 2. The van der Waals surface area contributed by atoms with Crippen molar-refractivity contribution in [2.45, 2.75) is 19.3 Å². The predicted molar refractivity (Wildman–Crippen MR) is 88.7 cm³/mol. The lowest BCUT2D eigenvalue weighted by Gasteiger charge is -2.26. The third kappa shape index (κ3) is 2.50. The number of carboxylic acids is 1. The van der Waals surface area contributed by atoms with Crippen LogP contribution in [0.3, 0.4) is 0 Å². The summed E-state index contributed by atoms with van der Waals surface area (Å²) in [4.78, 5) is 28.5. The van der Waals surface area contributed by atoms with Crippen molar-refractivity contribution in [2.75, 3.05) is 5.32 Å². The van der Waals surface area contributed by atoms with Gasteiger partial charge in [-0.2, -0.15) is 0 Å². The van der Waals surface area contributed by atoms with Gasteiger partial charge in [-0.1, -0.05) is 22.9 Å². The summed E-state index contributed by atoms with van der Waals surface area (Å²) in [6.07, 6.45) is 2.72. The number of fused-ring (bicyclic) bond motifs is 3. The Labute approximate surface area is 141 Å². The summed E-state index contributed by atoms with van der Waals surface area (Å²) in [6.45, 7) is 0. The fraction of sp³-hybridized carbons (Fsp3) is 0.438. The lowest BCUT2D eigenvalue weighted by molar-refractivity contribution is -0.148. The number of anilines is 1. The molecule has 120 valence electrons. The largest absolute Gasteiger partial charge is 0.481 e. The molecular formula is C16H15ClN2O3S. The standard InChI is InChI=1S/C16H15ClN2O3S/c17-9-3-4-10-11(6-9)23-16(18-10)19-14(20)12-7-1-2-8(5-7)13(12)15(21)22/h3-4,6-8,12-13H,1-2,5H2,(H,21,22)(H,18,19,20)/t7-,8+,12-,13+/m0/s1. The van der Waals surface area contributed by atoms with Crippen LogP contribution >= 0.6 is 22.9 Å². The quantitative estimate of drug-likeness (QED) is 0.885. The Morgan fingerprint density at radius 1 is 1.26 bits per heavy atom. The highest BCUT2D eigenvalue weighted by Gasteiger charge is 2.54. The van der Waals surface area contributed by atoms with Crippen molar-refractivity contribution in [3.8, 4) is 0 Å². The highest BCUT2D eigenvalue weighted by Crippen LogP contribution is 2.52. The number of carboxylic acid groups (broad SMARTS) is 1. The number of hydrogen-bond donors (Lipinski definition) is 2. The minimum atomic E-state index is -0.853. The van der Waals surface area contributed by atoms with Gasteiger partial charge in [-0.15, -0.1) is 0 Å². The van der Waals surface area contributed by atoms with Crippen molar-refractivity contribution in [3.05, 3.63) is 23.2 Å². The molecule has 0 saturated heterocycles. The molecule has 5 nitrogen and oxygen atoms in total. The zero-order chi connectivity index (χ0) is 16.1. The molecule has 4 rings (SSSR count). The van der Waals surface area contributed by atoms with Gasteiger partial charge < -0.3 is 10.4 Å². The lowest BCUT2D eigenvalue weighted by Crippen LogP contribution is -2.37. The van der Waals surface area contributed by atoms with E-state index in [2.05, 4.69) is 10.3 Å². The Hall–Kier alpha value is -1.66. The smallest absolute Gasteiger partial charge is 0.307 e. The van der Waals surface area contributed by atoms with Gasteiger partial charge in [0, 0.05) is 5.02 Å². The van der Waals surface area contributed by atoms with E-state index < -0.39 is 17.8 Å². The summed E-state index contributed by atoms with van der Waals surface area (Å²) >= 11 is 7.31. The van der Waals surface area contributed by atoms with Gasteiger partial charge in [-0.25, -0.2) is 4.98 Å². The molecule has 1 aromatic carbocycles. The summed E-state index contributed by atoms with van der Waals surface area (Å²) < 4.78 is 0.899. The molecule has 2 aliphatic carbocycles. The van der Waals surface area contributed by atoms with Crippen LogP contribution in [0.25, 0.3) is 10.2 Å². The van der Waals surface area contributed by atoms with Gasteiger partial charge in [0.15, 0.2) is 5.13 Å². The molecule has 0 unspecified atom stereocenters. The van der Waals surface area contributed by atoms with Gasteiger partial charge in [0.2, 0.25) is 5.91 Å². The van der Waals surface area contributed by atoms with Crippen LogP contribution in [-0.4, -0.2) is 22.0 Å². The molecule has 0 aliphatic heterocycles. The third-order valence-electron chi connectivity index (χ3n) is 5.08. The van der Waals surface area contributed by atoms with Crippen LogP contribution < -0.4 is 5.32 Å². The number of nitrogens with one attached hydrogen (secondary N) is 1. The second-order valence-electron chi connectivity index (χ2n) is 6.34. The summed E-state index contributed by atoms with van der Waals surface area (Å²) in [5, 5.41) is 13.4. The molecule has 1 aromatic heterocycles. The predicted octanol–water partition coefficient (Wildman–Crippen LogP) is 3.64. The molecule has 2 saturated carbocycles. The number of aromatic nitrogens is 1. The molecule has 0 radical (unpaired) electrons.